The molecule has 3 aromatic carbocycles. The van der Waals surface area contributed by atoms with Crippen molar-refractivity contribution >= 4 is 21.1 Å². The average Bonchev–Trinajstić information content (AvgIpc) is 3.07. The molecule has 3 nitrogen and oxygen atoms in total. The molecular weight excluding hydrogens is 545 g/mol. The molecule has 1 aliphatic rings. The van der Waals surface area contributed by atoms with Crippen molar-refractivity contribution in [2.45, 2.75) is 71.2 Å². The summed E-state index contributed by atoms with van der Waals surface area (Å²) in [7, 11) is 1.27. The van der Waals surface area contributed by atoms with Gasteiger partial charge in [0.25, 0.3) is 0 Å². The van der Waals surface area contributed by atoms with Crippen LogP contribution in [0, 0.1) is 0 Å². The quantitative estimate of drug-likeness (QED) is 0.180. The van der Waals surface area contributed by atoms with E-state index in [1.54, 1.807) is 0 Å². The van der Waals surface area contributed by atoms with Crippen molar-refractivity contribution in [3.8, 4) is 0 Å². The third-order valence-corrected chi connectivity index (χ3v) is 9.68. The van der Waals surface area contributed by atoms with E-state index in [-0.39, 0.29) is 6.04 Å². The Hall–Kier alpha value is -3.31. The van der Waals surface area contributed by atoms with Gasteiger partial charge in [0.2, 0.25) is 0 Å². The number of hydrogen-bond donors (Lipinski definition) is 2. The van der Waals surface area contributed by atoms with E-state index in [0.29, 0.717) is 0 Å². The Morgan fingerprint density at radius 1 is 0.791 bits per heavy atom. The lowest BCUT2D eigenvalue weighted by atomic mass is 9.86. The smallest absolute Gasteiger partial charge is 0.0670 e. The van der Waals surface area contributed by atoms with Crippen LogP contribution in [0.1, 0.15) is 57.7 Å². The minimum atomic E-state index is -1.74. The van der Waals surface area contributed by atoms with Gasteiger partial charge in [0, 0.05) is 37.7 Å². The van der Waals surface area contributed by atoms with Gasteiger partial charge in [-0.15, -0.1) is 9.39 Å². The molecule has 1 heterocycles. The summed E-state index contributed by atoms with van der Waals surface area (Å²) in [6.45, 7) is 20.0. The highest BCUT2D eigenvalue weighted by molar-refractivity contribution is 8.25. The highest BCUT2D eigenvalue weighted by Gasteiger charge is 2.34. The van der Waals surface area contributed by atoms with Crippen LogP contribution in [0.25, 0.3) is 0 Å². The maximum absolute atomic E-state index is 7.00. The average molecular weight is 601 g/mol. The van der Waals surface area contributed by atoms with Crippen LogP contribution in [-0.2, 0) is 19.3 Å². The van der Waals surface area contributed by atoms with Gasteiger partial charge in [-0.1, -0.05) is 131 Å². The van der Waals surface area contributed by atoms with Crippen LogP contribution < -0.4 is 5.32 Å². The molecule has 0 amide bonds. The van der Waals surface area contributed by atoms with Crippen LogP contribution in [-0.4, -0.2) is 47.9 Å². The molecule has 4 rings (SSSR count). The van der Waals surface area contributed by atoms with Crippen LogP contribution in [0.2, 0.25) is 0 Å². The highest BCUT2D eigenvalue weighted by Crippen LogP contribution is 2.45. The molecule has 1 unspecified atom stereocenters. The first kappa shape index (κ1) is 37.7. The van der Waals surface area contributed by atoms with Gasteiger partial charge >= 0.3 is 0 Å². The van der Waals surface area contributed by atoms with E-state index in [2.05, 4.69) is 115 Å². The minimum absolute atomic E-state index is 0.0233. The lowest BCUT2D eigenvalue weighted by molar-refractivity contribution is 0.398. The zero-order chi connectivity index (χ0) is 32.4. The van der Waals surface area contributed by atoms with Crippen molar-refractivity contribution in [3.63, 3.8) is 0 Å². The maximum atomic E-state index is 7.00. The Kier molecular flexibility index (Phi) is 17.4. The fourth-order valence-corrected chi connectivity index (χ4v) is 7.29. The second kappa shape index (κ2) is 19.8. The monoisotopic (exact) mass is 600 g/mol. The number of hydrogen-bond acceptors (Lipinski definition) is 3. The summed E-state index contributed by atoms with van der Waals surface area (Å²) in [5, 5.41) is 10.5. The molecule has 2 N–H and O–H groups in total. The van der Waals surface area contributed by atoms with Gasteiger partial charge in [-0.05, 0) is 66.2 Å². The van der Waals surface area contributed by atoms with E-state index in [1.807, 2.05) is 34.7 Å². The normalized spacial score (nSPS) is 14.6. The first-order valence-electron chi connectivity index (χ1n) is 15.4. The molecule has 1 aliphatic heterocycles. The topological polar surface area (TPSA) is 35.5 Å². The predicted octanol–water partition coefficient (Wildman–Crippen LogP) is 9.00. The first-order valence-corrected chi connectivity index (χ1v) is 17.4. The van der Waals surface area contributed by atoms with Gasteiger partial charge in [-0.3, -0.25) is 0 Å². The molecule has 1 atom stereocenters. The van der Waals surface area contributed by atoms with E-state index < -0.39 is 9.39 Å². The number of nitrogens with zero attached hydrogens (tertiary/aromatic N) is 1. The van der Waals surface area contributed by atoms with Gasteiger partial charge in [0.1, 0.15) is 0 Å². The molecule has 0 spiro atoms. The van der Waals surface area contributed by atoms with Crippen molar-refractivity contribution in [1.29, 1.82) is 0 Å². The molecule has 0 saturated carbocycles. The van der Waals surface area contributed by atoms with Gasteiger partial charge in [0.15, 0.2) is 0 Å². The molecule has 4 heteroatoms. The van der Waals surface area contributed by atoms with Crippen LogP contribution in [0.15, 0.2) is 125 Å². The predicted molar refractivity (Wildman–Crippen MR) is 197 cm³/mol. The van der Waals surface area contributed by atoms with Crippen molar-refractivity contribution < 1.29 is 5.11 Å². The largest absolute Gasteiger partial charge is 0.400 e. The lowest BCUT2D eigenvalue weighted by Crippen LogP contribution is -2.42. The Bertz CT molecular complexity index is 1370. The summed E-state index contributed by atoms with van der Waals surface area (Å²) in [6.07, 6.45) is 3.79. The fourth-order valence-electron chi connectivity index (χ4n) is 5.25. The molecule has 234 valence electrons. The number of aliphatic hydroxyl groups excluding tert-OH is 1. The molecule has 0 saturated heterocycles. The summed E-state index contributed by atoms with van der Waals surface area (Å²) in [4.78, 5) is 1.20. The Labute approximate surface area is 264 Å². The highest BCUT2D eigenvalue weighted by atomic mass is 32.2. The SMILES string of the molecule is C=C(Cc1ccccc1)C1=C(NC)CCN(S(=C)(=C)c2ccc(CCc3ccccc3)cc2)C1C(=C)C.CC.CC.CO. The Morgan fingerprint density at radius 3 is 1.72 bits per heavy atom. The zero-order valence-electron chi connectivity index (χ0n) is 27.8. The summed E-state index contributed by atoms with van der Waals surface area (Å²) in [6, 6.07) is 30.2. The van der Waals surface area contributed by atoms with Gasteiger partial charge in [-0.25, -0.2) is 4.31 Å². The van der Waals surface area contributed by atoms with Crippen LogP contribution in [0.5, 0.6) is 0 Å². The molecule has 0 aromatic heterocycles. The molecule has 0 bridgehead atoms. The molecule has 0 aliphatic carbocycles. The summed E-state index contributed by atoms with van der Waals surface area (Å²) >= 11 is 0. The minimum Gasteiger partial charge on any atom is -0.400 e. The lowest BCUT2D eigenvalue weighted by Gasteiger charge is -2.44. The summed E-state index contributed by atoms with van der Waals surface area (Å²) in [5.74, 6) is 9.47. The van der Waals surface area contributed by atoms with Crippen LogP contribution in [0.3, 0.4) is 0 Å². The van der Waals surface area contributed by atoms with Crippen molar-refractivity contribution in [1.82, 2.24) is 9.62 Å². The molecule has 43 heavy (non-hydrogen) atoms. The molecule has 0 radical (unpaired) electrons. The van der Waals surface area contributed by atoms with Crippen molar-refractivity contribution in [2.24, 2.45) is 0 Å². The van der Waals surface area contributed by atoms with Crippen LogP contribution in [0.4, 0.5) is 0 Å². The van der Waals surface area contributed by atoms with E-state index >= 15 is 0 Å². The van der Waals surface area contributed by atoms with E-state index in [9.17, 15) is 0 Å². The maximum Gasteiger partial charge on any atom is 0.0670 e. The standard InChI is InChI=1S/C34H40N2S.2C2H6.CH4O/c1-26(2)34-33(27(3)25-30-15-11-8-12-16-30)32(35-4)23-24-36(34)37(5,6)31-21-19-29(20-22-31)18-17-28-13-9-7-10-14-28;3*1-2/h7-16,19-22,34-35H,1,3,5-6,17-18,23-25H2,2,4H3;2*1-2H3;2H,1H3. The van der Waals surface area contributed by atoms with E-state index in [4.69, 9.17) is 16.8 Å². The molecule has 0 fully saturated rings. The molecular formula is C39H56N2OS. The number of aryl methyl sites for hydroxylation is 2. The number of nitrogens with one attached hydrogen (secondary N) is 1. The number of benzene rings is 3. The second-order valence-corrected chi connectivity index (χ2v) is 12.6. The zero-order valence-corrected chi connectivity index (χ0v) is 28.6. The fraction of sp³-hybridized carbons (Fsp3) is 0.333. The molecule has 3 aromatic rings. The second-order valence-electron chi connectivity index (χ2n) is 10.0. The summed E-state index contributed by atoms with van der Waals surface area (Å²) in [5.41, 5.74) is 8.69. The number of aliphatic hydroxyl groups is 1. The van der Waals surface area contributed by atoms with Gasteiger partial charge < -0.3 is 10.4 Å². The Balaban J connectivity index is 0.00000145. The van der Waals surface area contributed by atoms with Crippen molar-refractivity contribution in [3.05, 3.63) is 137 Å². The van der Waals surface area contributed by atoms with E-state index in [0.717, 1.165) is 50.5 Å². The third kappa shape index (κ3) is 10.4. The van der Waals surface area contributed by atoms with Crippen molar-refractivity contribution in [2.75, 3.05) is 20.7 Å². The third-order valence-electron chi connectivity index (χ3n) is 7.23. The van der Waals surface area contributed by atoms with Gasteiger partial charge in [0.05, 0.1) is 6.04 Å². The Morgan fingerprint density at radius 2 is 1.26 bits per heavy atom. The number of rotatable bonds is 10. The van der Waals surface area contributed by atoms with Gasteiger partial charge in [-0.2, -0.15) is 0 Å². The summed E-state index contributed by atoms with van der Waals surface area (Å²) < 4.78 is 2.49. The van der Waals surface area contributed by atoms with E-state index in [1.165, 1.54) is 32.9 Å². The van der Waals surface area contributed by atoms with Crippen LogP contribution >= 0.6 is 9.39 Å². The first-order chi connectivity index (χ1) is 20.8.